The summed E-state index contributed by atoms with van der Waals surface area (Å²) in [5, 5.41) is 9.32. The van der Waals surface area contributed by atoms with Gasteiger partial charge in [0.05, 0.1) is 7.11 Å². The molecule has 1 aromatic rings. The molecule has 0 saturated heterocycles. The molecule has 6 nitrogen and oxygen atoms in total. The van der Waals surface area contributed by atoms with Gasteiger partial charge in [0.2, 0.25) is 0 Å². The van der Waals surface area contributed by atoms with E-state index in [0.29, 0.717) is 11.3 Å². The molecule has 0 saturated carbocycles. The van der Waals surface area contributed by atoms with E-state index in [2.05, 4.69) is 6.58 Å². The minimum absolute atomic E-state index is 0.0215. The lowest BCUT2D eigenvalue weighted by Crippen LogP contribution is -2.36. The maximum atomic E-state index is 11.7. The predicted octanol–water partition coefficient (Wildman–Crippen LogP) is 2.08. The Morgan fingerprint density at radius 2 is 2.20 bits per heavy atom. The van der Waals surface area contributed by atoms with Crippen molar-refractivity contribution >= 4 is 12.1 Å². The molecule has 0 aliphatic carbocycles. The molecule has 1 atom stereocenters. The zero-order chi connectivity index (χ0) is 15.1. The summed E-state index contributed by atoms with van der Waals surface area (Å²) in [6.07, 6.45) is 0.674. The number of rotatable bonds is 6. The highest BCUT2D eigenvalue weighted by Crippen LogP contribution is 2.24. The summed E-state index contributed by atoms with van der Waals surface area (Å²) < 4.78 is 9.89. The van der Waals surface area contributed by atoms with E-state index in [9.17, 15) is 14.7 Å². The van der Waals surface area contributed by atoms with Gasteiger partial charge < -0.3 is 14.6 Å². The van der Waals surface area contributed by atoms with E-state index in [1.807, 2.05) is 0 Å². The summed E-state index contributed by atoms with van der Waals surface area (Å²) in [7, 11) is 2.85. The third-order valence-corrected chi connectivity index (χ3v) is 2.64. The second-order valence-corrected chi connectivity index (χ2v) is 3.99. The third kappa shape index (κ3) is 3.74. The smallest absolute Gasteiger partial charge is 0.410 e. The molecule has 0 bridgehead atoms. The standard InChI is InChI=1S/C14H17NO5/c1-4-8-20-14(18)15(2)12(13(16)17)10-6-5-7-11(9-10)19-3/h4-7,9,12H,1,8H2,2-3H3,(H,16,17). The van der Waals surface area contributed by atoms with Gasteiger partial charge in [0.15, 0.2) is 6.04 Å². The average molecular weight is 279 g/mol. The molecule has 6 heteroatoms. The van der Waals surface area contributed by atoms with E-state index >= 15 is 0 Å². The number of aliphatic carboxylic acids is 1. The highest BCUT2D eigenvalue weighted by atomic mass is 16.6. The second kappa shape index (κ2) is 7.18. The summed E-state index contributed by atoms with van der Waals surface area (Å²) >= 11 is 0. The molecule has 0 aliphatic rings. The molecule has 0 aliphatic heterocycles. The number of nitrogens with zero attached hydrogens (tertiary/aromatic N) is 1. The van der Waals surface area contributed by atoms with Crippen LogP contribution in [0.5, 0.6) is 5.75 Å². The number of hydrogen-bond acceptors (Lipinski definition) is 4. The molecule has 0 fully saturated rings. The number of carboxylic acids is 1. The van der Waals surface area contributed by atoms with Gasteiger partial charge in [0.25, 0.3) is 0 Å². The van der Waals surface area contributed by atoms with Gasteiger partial charge in [0, 0.05) is 7.05 Å². The van der Waals surface area contributed by atoms with Crippen LogP contribution in [0.2, 0.25) is 0 Å². The molecule has 1 amide bonds. The summed E-state index contributed by atoms with van der Waals surface area (Å²) in [6, 6.07) is 5.38. The molecular weight excluding hydrogens is 262 g/mol. The van der Waals surface area contributed by atoms with Crippen molar-refractivity contribution in [3.63, 3.8) is 0 Å². The Balaban J connectivity index is 3.01. The van der Waals surface area contributed by atoms with Gasteiger partial charge in [-0.1, -0.05) is 24.8 Å². The van der Waals surface area contributed by atoms with Gasteiger partial charge in [-0.2, -0.15) is 0 Å². The molecular formula is C14H17NO5. The summed E-state index contributed by atoms with van der Waals surface area (Å²) in [6.45, 7) is 3.45. The number of methoxy groups -OCH3 is 1. The Hall–Kier alpha value is -2.50. The van der Waals surface area contributed by atoms with Crippen LogP contribution in [0.25, 0.3) is 0 Å². The van der Waals surface area contributed by atoms with Crippen LogP contribution in [-0.2, 0) is 9.53 Å². The fourth-order valence-corrected chi connectivity index (χ4v) is 1.68. The SMILES string of the molecule is C=CCOC(=O)N(C)C(C(=O)O)c1cccc(OC)c1. The molecule has 1 aromatic carbocycles. The Morgan fingerprint density at radius 3 is 2.75 bits per heavy atom. The molecule has 1 unspecified atom stereocenters. The average Bonchev–Trinajstić information content (AvgIpc) is 2.44. The Labute approximate surface area is 117 Å². The van der Waals surface area contributed by atoms with Crippen LogP contribution in [0.4, 0.5) is 4.79 Å². The van der Waals surface area contributed by atoms with E-state index in [0.717, 1.165) is 4.90 Å². The van der Waals surface area contributed by atoms with Gasteiger partial charge in [-0.05, 0) is 17.7 Å². The fourth-order valence-electron chi connectivity index (χ4n) is 1.68. The van der Waals surface area contributed by atoms with Crippen LogP contribution in [0.1, 0.15) is 11.6 Å². The quantitative estimate of drug-likeness (QED) is 0.807. The van der Waals surface area contributed by atoms with Crippen LogP contribution in [0.3, 0.4) is 0 Å². The van der Waals surface area contributed by atoms with Crippen molar-refractivity contribution in [2.24, 2.45) is 0 Å². The molecule has 1 rings (SSSR count). The summed E-state index contributed by atoms with van der Waals surface area (Å²) in [5.41, 5.74) is 0.426. The van der Waals surface area contributed by atoms with Crippen molar-refractivity contribution < 1.29 is 24.2 Å². The minimum atomic E-state index is -1.16. The van der Waals surface area contributed by atoms with Gasteiger partial charge >= 0.3 is 12.1 Å². The summed E-state index contributed by atoms with van der Waals surface area (Å²) in [5.74, 6) is -0.641. The van der Waals surface area contributed by atoms with E-state index in [1.54, 1.807) is 24.3 Å². The topological polar surface area (TPSA) is 76.1 Å². The third-order valence-electron chi connectivity index (χ3n) is 2.64. The number of ether oxygens (including phenoxy) is 2. The van der Waals surface area contributed by atoms with Crippen molar-refractivity contribution in [1.29, 1.82) is 0 Å². The maximum Gasteiger partial charge on any atom is 0.410 e. The first-order chi connectivity index (χ1) is 9.51. The van der Waals surface area contributed by atoms with Crippen molar-refractivity contribution in [3.8, 4) is 5.75 Å². The lowest BCUT2D eigenvalue weighted by atomic mass is 10.1. The number of benzene rings is 1. The second-order valence-electron chi connectivity index (χ2n) is 3.99. The Morgan fingerprint density at radius 1 is 1.50 bits per heavy atom. The van der Waals surface area contributed by atoms with Crippen LogP contribution >= 0.6 is 0 Å². The zero-order valence-electron chi connectivity index (χ0n) is 11.4. The van der Waals surface area contributed by atoms with Crippen LogP contribution in [0.15, 0.2) is 36.9 Å². The first kappa shape index (κ1) is 15.6. The lowest BCUT2D eigenvalue weighted by molar-refractivity contribution is -0.142. The molecule has 20 heavy (non-hydrogen) atoms. The van der Waals surface area contributed by atoms with E-state index in [1.165, 1.54) is 20.2 Å². The van der Waals surface area contributed by atoms with Crippen LogP contribution in [0, 0.1) is 0 Å². The first-order valence-electron chi connectivity index (χ1n) is 5.88. The number of amides is 1. The number of hydrogen-bond donors (Lipinski definition) is 1. The molecule has 108 valence electrons. The van der Waals surface area contributed by atoms with Gasteiger partial charge in [-0.25, -0.2) is 9.59 Å². The number of likely N-dealkylation sites (N-methyl/N-ethyl adjacent to an activating group) is 1. The minimum Gasteiger partial charge on any atom is -0.497 e. The molecule has 1 N–H and O–H groups in total. The number of carbonyl (C=O) groups is 2. The maximum absolute atomic E-state index is 11.7. The molecule has 0 spiro atoms. The number of carbonyl (C=O) groups excluding carboxylic acids is 1. The monoisotopic (exact) mass is 279 g/mol. The Kier molecular flexibility index (Phi) is 5.58. The Bertz CT molecular complexity index is 500. The highest BCUT2D eigenvalue weighted by molar-refractivity contribution is 5.81. The highest BCUT2D eigenvalue weighted by Gasteiger charge is 2.29. The van der Waals surface area contributed by atoms with Gasteiger partial charge in [-0.15, -0.1) is 0 Å². The van der Waals surface area contributed by atoms with Gasteiger partial charge in [0.1, 0.15) is 12.4 Å². The number of carboxylic acid groups (broad SMARTS) is 1. The first-order valence-corrected chi connectivity index (χ1v) is 5.88. The van der Waals surface area contributed by atoms with E-state index in [-0.39, 0.29) is 6.61 Å². The van der Waals surface area contributed by atoms with Crippen molar-refractivity contribution in [2.45, 2.75) is 6.04 Å². The molecule has 0 heterocycles. The molecule has 0 aromatic heterocycles. The van der Waals surface area contributed by atoms with Crippen molar-refractivity contribution in [3.05, 3.63) is 42.5 Å². The predicted molar refractivity (Wildman–Crippen MR) is 72.7 cm³/mol. The lowest BCUT2D eigenvalue weighted by Gasteiger charge is -2.24. The zero-order valence-corrected chi connectivity index (χ0v) is 11.4. The molecule has 0 radical (unpaired) electrons. The van der Waals surface area contributed by atoms with Crippen molar-refractivity contribution in [2.75, 3.05) is 20.8 Å². The normalized spacial score (nSPS) is 11.3. The van der Waals surface area contributed by atoms with Crippen LogP contribution < -0.4 is 4.74 Å². The van der Waals surface area contributed by atoms with Gasteiger partial charge in [-0.3, -0.25) is 4.90 Å². The van der Waals surface area contributed by atoms with E-state index in [4.69, 9.17) is 9.47 Å². The summed E-state index contributed by atoms with van der Waals surface area (Å²) in [4.78, 5) is 24.2. The van der Waals surface area contributed by atoms with Crippen LogP contribution in [-0.4, -0.2) is 42.8 Å². The van der Waals surface area contributed by atoms with Crippen molar-refractivity contribution in [1.82, 2.24) is 4.90 Å². The van der Waals surface area contributed by atoms with E-state index < -0.39 is 18.1 Å². The largest absolute Gasteiger partial charge is 0.497 e. The fraction of sp³-hybridized carbons (Fsp3) is 0.286.